The maximum atomic E-state index is 13.5. The van der Waals surface area contributed by atoms with Crippen molar-refractivity contribution in [1.29, 1.82) is 0 Å². The van der Waals surface area contributed by atoms with Crippen molar-refractivity contribution in [3.8, 4) is 0 Å². The van der Waals surface area contributed by atoms with E-state index in [1.165, 1.54) is 18.4 Å². The van der Waals surface area contributed by atoms with Gasteiger partial charge in [-0.2, -0.15) is 0 Å². The monoisotopic (exact) mass is 535 g/mol. The van der Waals surface area contributed by atoms with Crippen LogP contribution in [0, 0.1) is 11.7 Å². The summed E-state index contributed by atoms with van der Waals surface area (Å²) in [5.74, 6) is -0.359. The van der Waals surface area contributed by atoms with Gasteiger partial charge in [0.2, 0.25) is 0 Å². The molecule has 198 valence electrons. The minimum Gasteiger partial charge on any atom is -0.302 e. The number of carbonyl (C=O) groups is 1. The van der Waals surface area contributed by atoms with Crippen LogP contribution < -0.4 is 5.69 Å². The Morgan fingerprint density at radius 2 is 1.47 bits per heavy atom. The fourth-order valence-corrected chi connectivity index (χ4v) is 5.81. The van der Waals surface area contributed by atoms with Gasteiger partial charge in [0.1, 0.15) is 5.82 Å². The lowest BCUT2D eigenvalue weighted by Crippen LogP contribution is -2.39. The minimum atomic E-state index is -3.28. The summed E-state index contributed by atoms with van der Waals surface area (Å²) in [7, 11) is -3.28. The summed E-state index contributed by atoms with van der Waals surface area (Å²) in [4.78, 5) is 28.8. The molecule has 0 spiro atoms. The summed E-state index contributed by atoms with van der Waals surface area (Å²) in [5, 5.41) is 0. The van der Waals surface area contributed by atoms with E-state index < -0.39 is 9.84 Å². The van der Waals surface area contributed by atoms with Crippen LogP contribution in [-0.4, -0.2) is 54.1 Å². The molecule has 0 amide bonds. The first-order valence-electron chi connectivity index (χ1n) is 12.7. The van der Waals surface area contributed by atoms with Crippen molar-refractivity contribution in [2.75, 3.05) is 25.9 Å². The molecule has 0 bridgehead atoms. The molecule has 0 unspecified atom stereocenters. The van der Waals surface area contributed by atoms with E-state index in [9.17, 15) is 22.4 Å². The summed E-state index contributed by atoms with van der Waals surface area (Å²) in [6.07, 6.45) is 2.64. The molecule has 2 heterocycles. The van der Waals surface area contributed by atoms with Gasteiger partial charge in [-0.15, -0.1) is 0 Å². The van der Waals surface area contributed by atoms with E-state index in [1.54, 1.807) is 45.5 Å². The average molecular weight is 536 g/mol. The normalized spacial score (nSPS) is 15.2. The number of hydrogen-bond acceptors (Lipinski definition) is 5. The van der Waals surface area contributed by atoms with E-state index in [0.29, 0.717) is 25.2 Å². The van der Waals surface area contributed by atoms with Crippen LogP contribution in [0.1, 0.15) is 28.8 Å². The van der Waals surface area contributed by atoms with E-state index in [-0.39, 0.29) is 28.1 Å². The lowest BCUT2D eigenvalue weighted by Gasteiger charge is -2.31. The van der Waals surface area contributed by atoms with Crippen LogP contribution >= 0.6 is 0 Å². The maximum absolute atomic E-state index is 13.5. The van der Waals surface area contributed by atoms with Gasteiger partial charge in [0, 0.05) is 30.8 Å². The third-order valence-electron chi connectivity index (χ3n) is 7.34. The summed E-state index contributed by atoms with van der Waals surface area (Å²) < 4.78 is 40.2. The van der Waals surface area contributed by atoms with Crippen LogP contribution in [0.4, 0.5) is 4.39 Å². The molecule has 9 heteroatoms. The van der Waals surface area contributed by atoms with Gasteiger partial charge in [-0.25, -0.2) is 17.6 Å². The number of nitrogens with zero attached hydrogens (tertiary/aromatic N) is 3. The Morgan fingerprint density at radius 1 is 0.868 bits per heavy atom. The Hall–Kier alpha value is -3.56. The van der Waals surface area contributed by atoms with Crippen LogP contribution in [0.15, 0.2) is 82.5 Å². The first kappa shape index (κ1) is 26.1. The van der Waals surface area contributed by atoms with Crippen molar-refractivity contribution in [3.05, 3.63) is 100 Å². The second-order valence-electron chi connectivity index (χ2n) is 9.91. The highest BCUT2D eigenvalue weighted by molar-refractivity contribution is 7.90. The number of likely N-dealkylation sites (tertiary alicyclic amines) is 1. The van der Waals surface area contributed by atoms with Crippen molar-refractivity contribution in [2.45, 2.75) is 30.8 Å². The molecule has 1 fully saturated rings. The summed E-state index contributed by atoms with van der Waals surface area (Å²) in [6.45, 7) is 3.08. The average Bonchev–Trinajstić information content (AvgIpc) is 3.18. The van der Waals surface area contributed by atoms with Crippen LogP contribution in [0.3, 0.4) is 0 Å². The van der Waals surface area contributed by atoms with Crippen molar-refractivity contribution in [2.24, 2.45) is 5.92 Å². The standard InChI is InChI=1S/C29H30FN3O4S/c1-38(36,37)25-12-6-21(7-13-25)20-33-27-5-3-2-4-26(27)32(29(33)35)19-18-31-16-14-23(15-17-31)28(34)22-8-10-24(30)11-9-22/h2-13,23H,14-20H2,1H3. The molecule has 1 aromatic heterocycles. The molecule has 0 aliphatic carbocycles. The molecule has 0 saturated carbocycles. The number of Topliss-reactive ketones (excluding diaryl/α,β-unsaturated/α-hetero) is 1. The van der Waals surface area contributed by atoms with Crippen molar-refractivity contribution >= 4 is 26.7 Å². The Kier molecular flexibility index (Phi) is 7.32. The quantitative estimate of drug-likeness (QED) is 0.319. The Balaban J connectivity index is 1.26. The molecule has 7 nitrogen and oxygen atoms in total. The van der Waals surface area contributed by atoms with Crippen LogP contribution in [0.5, 0.6) is 0 Å². The van der Waals surface area contributed by atoms with Gasteiger partial charge in [0.05, 0.1) is 22.5 Å². The second kappa shape index (κ2) is 10.7. The third kappa shape index (κ3) is 5.49. The number of para-hydroxylation sites is 2. The summed E-state index contributed by atoms with van der Waals surface area (Å²) in [5.41, 5.74) is 2.96. The minimum absolute atomic E-state index is 0.0634. The summed E-state index contributed by atoms with van der Waals surface area (Å²) in [6, 6.07) is 20.0. The fraction of sp³-hybridized carbons (Fsp3) is 0.310. The van der Waals surface area contributed by atoms with E-state index in [0.717, 1.165) is 42.5 Å². The first-order chi connectivity index (χ1) is 18.2. The molecule has 38 heavy (non-hydrogen) atoms. The largest absolute Gasteiger partial charge is 0.329 e. The van der Waals surface area contributed by atoms with E-state index >= 15 is 0 Å². The van der Waals surface area contributed by atoms with Crippen molar-refractivity contribution in [1.82, 2.24) is 14.0 Å². The highest BCUT2D eigenvalue weighted by atomic mass is 32.2. The van der Waals surface area contributed by atoms with Gasteiger partial charge >= 0.3 is 5.69 Å². The van der Waals surface area contributed by atoms with Gasteiger partial charge in [-0.05, 0) is 80.0 Å². The number of halogens is 1. The maximum Gasteiger partial charge on any atom is 0.329 e. The molecule has 1 aliphatic rings. The second-order valence-corrected chi connectivity index (χ2v) is 11.9. The molecule has 3 aromatic carbocycles. The zero-order valence-electron chi connectivity index (χ0n) is 21.2. The number of rotatable bonds is 8. The molecule has 1 aliphatic heterocycles. The Bertz CT molecular complexity index is 1620. The van der Waals surface area contributed by atoms with E-state index in [2.05, 4.69) is 4.90 Å². The van der Waals surface area contributed by atoms with E-state index in [1.807, 2.05) is 24.3 Å². The topological polar surface area (TPSA) is 81.4 Å². The smallest absolute Gasteiger partial charge is 0.302 e. The zero-order chi connectivity index (χ0) is 26.9. The molecule has 1 saturated heterocycles. The number of sulfone groups is 1. The first-order valence-corrected chi connectivity index (χ1v) is 14.6. The fourth-order valence-electron chi connectivity index (χ4n) is 5.18. The highest BCUT2D eigenvalue weighted by Gasteiger charge is 2.26. The number of carbonyl (C=O) groups excluding carboxylic acids is 1. The van der Waals surface area contributed by atoms with Crippen molar-refractivity contribution in [3.63, 3.8) is 0 Å². The molecule has 0 N–H and O–H groups in total. The molecule has 4 aromatic rings. The highest BCUT2D eigenvalue weighted by Crippen LogP contribution is 2.22. The van der Waals surface area contributed by atoms with Gasteiger partial charge < -0.3 is 4.90 Å². The molecule has 0 atom stereocenters. The Morgan fingerprint density at radius 3 is 2.08 bits per heavy atom. The summed E-state index contributed by atoms with van der Waals surface area (Å²) >= 11 is 0. The van der Waals surface area contributed by atoms with Gasteiger partial charge in [0.15, 0.2) is 15.6 Å². The van der Waals surface area contributed by atoms with Gasteiger partial charge in [-0.3, -0.25) is 13.9 Å². The molecular weight excluding hydrogens is 505 g/mol. The van der Waals surface area contributed by atoms with Gasteiger partial charge in [-0.1, -0.05) is 24.3 Å². The van der Waals surface area contributed by atoms with Gasteiger partial charge in [0.25, 0.3) is 0 Å². The predicted molar refractivity (Wildman–Crippen MR) is 145 cm³/mol. The number of ketones is 1. The molecule has 0 radical (unpaired) electrons. The number of aromatic nitrogens is 2. The Labute approximate surface area is 221 Å². The molecular formula is C29H30FN3O4S. The number of benzene rings is 3. The lowest BCUT2D eigenvalue weighted by molar-refractivity contribution is 0.0837. The zero-order valence-corrected chi connectivity index (χ0v) is 22.0. The SMILES string of the molecule is CS(=O)(=O)c1ccc(Cn2c(=O)n(CCN3CCC(C(=O)c4ccc(F)cc4)CC3)c3ccccc32)cc1. The van der Waals surface area contributed by atoms with Crippen molar-refractivity contribution < 1.29 is 17.6 Å². The van der Waals surface area contributed by atoms with Crippen LogP contribution in [0.25, 0.3) is 11.0 Å². The molecule has 5 rings (SSSR count). The number of fused-ring (bicyclic) bond motifs is 1. The van der Waals surface area contributed by atoms with E-state index in [4.69, 9.17) is 0 Å². The van der Waals surface area contributed by atoms with Crippen LogP contribution in [0.2, 0.25) is 0 Å². The van der Waals surface area contributed by atoms with Crippen LogP contribution in [-0.2, 0) is 22.9 Å². The lowest BCUT2D eigenvalue weighted by atomic mass is 9.89. The number of piperidine rings is 1. The number of hydrogen-bond donors (Lipinski definition) is 0. The predicted octanol–water partition coefficient (Wildman–Crippen LogP) is 3.99. The third-order valence-corrected chi connectivity index (χ3v) is 8.47. The number of imidazole rings is 1.